The second-order valence-corrected chi connectivity index (χ2v) is 9.75. The topological polar surface area (TPSA) is 56.5 Å². The van der Waals surface area contributed by atoms with E-state index in [0.29, 0.717) is 21.3 Å². The highest BCUT2D eigenvalue weighted by molar-refractivity contribution is 8.19. The maximum absolute atomic E-state index is 12.6. The number of fused-ring (bicyclic) bond motifs is 3. The molecular weight excluding hydrogens is 416 g/mol. The van der Waals surface area contributed by atoms with Gasteiger partial charge in [0.25, 0.3) is 0 Å². The molecular formula is C24H18O4S2. The van der Waals surface area contributed by atoms with Crippen LogP contribution in [0.5, 0.6) is 0 Å². The van der Waals surface area contributed by atoms with Crippen molar-refractivity contribution in [2.45, 2.75) is 11.2 Å². The van der Waals surface area contributed by atoms with Gasteiger partial charge >= 0.3 is 11.6 Å². The quantitative estimate of drug-likeness (QED) is 0.230. The first-order valence-electron chi connectivity index (χ1n) is 9.64. The Morgan fingerprint density at radius 2 is 1.77 bits per heavy atom. The first kappa shape index (κ1) is 19.3. The molecule has 0 saturated carbocycles. The molecule has 4 aromatic rings. The summed E-state index contributed by atoms with van der Waals surface area (Å²) in [7, 11) is 0. The molecule has 0 unspecified atom stereocenters. The third-order valence-corrected chi connectivity index (χ3v) is 8.22. The van der Waals surface area contributed by atoms with Gasteiger partial charge in [-0.3, -0.25) is 0 Å². The molecule has 0 N–H and O–H groups in total. The molecule has 0 spiro atoms. The van der Waals surface area contributed by atoms with Crippen LogP contribution in [0.25, 0.3) is 21.7 Å². The van der Waals surface area contributed by atoms with E-state index >= 15 is 0 Å². The Morgan fingerprint density at radius 3 is 2.57 bits per heavy atom. The predicted molar refractivity (Wildman–Crippen MR) is 123 cm³/mol. The molecule has 5 rings (SSSR count). The van der Waals surface area contributed by atoms with E-state index in [-0.39, 0.29) is 6.61 Å². The van der Waals surface area contributed by atoms with Crippen LogP contribution < -0.4 is 5.63 Å². The summed E-state index contributed by atoms with van der Waals surface area (Å²) in [5, 5.41) is 2.79. The lowest BCUT2D eigenvalue weighted by Gasteiger charge is -2.11. The highest BCUT2D eigenvalue weighted by Gasteiger charge is 2.19. The van der Waals surface area contributed by atoms with Crippen LogP contribution >= 0.6 is 23.5 Å². The van der Waals surface area contributed by atoms with Gasteiger partial charge in [0.1, 0.15) is 12.2 Å². The Labute approximate surface area is 181 Å². The van der Waals surface area contributed by atoms with E-state index in [4.69, 9.17) is 9.15 Å². The number of carbonyl (C=O) groups excluding carboxylic acids is 1. The molecule has 30 heavy (non-hydrogen) atoms. The molecule has 0 radical (unpaired) electrons. The average molecular weight is 435 g/mol. The summed E-state index contributed by atoms with van der Waals surface area (Å²) in [5.74, 6) is 1.91. The van der Waals surface area contributed by atoms with Gasteiger partial charge < -0.3 is 9.15 Å². The van der Waals surface area contributed by atoms with Gasteiger partial charge in [-0.05, 0) is 34.5 Å². The number of hydrogen-bond acceptors (Lipinski definition) is 6. The Kier molecular flexibility index (Phi) is 5.27. The number of rotatable bonds is 4. The molecule has 1 fully saturated rings. The van der Waals surface area contributed by atoms with Gasteiger partial charge in [-0.1, -0.05) is 42.5 Å². The van der Waals surface area contributed by atoms with Crippen LogP contribution in [-0.4, -0.2) is 17.5 Å². The highest BCUT2D eigenvalue weighted by Crippen LogP contribution is 2.45. The minimum absolute atomic E-state index is 0.00498. The lowest BCUT2D eigenvalue weighted by molar-refractivity contribution is 0.0474. The van der Waals surface area contributed by atoms with Crippen LogP contribution in [0.15, 0.2) is 75.9 Å². The molecule has 0 atom stereocenters. The molecule has 6 heteroatoms. The van der Waals surface area contributed by atoms with Crippen molar-refractivity contribution in [2.24, 2.45) is 0 Å². The van der Waals surface area contributed by atoms with E-state index in [0.717, 1.165) is 27.7 Å². The van der Waals surface area contributed by atoms with Crippen molar-refractivity contribution in [1.29, 1.82) is 0 Å². The Balaban J connectivity index is 1.41. The van der Waals surface area contributed by atoms with Crippen molar-refractivity contribution >= 4 is 51.2 Å². The van der Waals surface area contributed by atoms with Gasteiger partial charge in [0.15, 0.2) is 0 Å². The zero-order valence-electron chi connectivity index (χ0n) is 16.0. The molecule has 0 bridgehead atoms. The lowest BCUT2D eigenvalue weighted by atomic mass is 10.0. The van der Waals surface area contributed by atoms with Crippen molar-refractivity contribution in [1.82, 2.24) is 0 Å². The Hall–Kier alpha value is -2.70. The van der Waals surface area contributed by atoms with Gasteiger partial charge in [-0.25, -0.2) is 9.59 Å². The molecule has 0 aliphatic carbocycles. The SMILES string of the molecule is O=C(OCc1cc(=O)oc2ccc3ccccc3c12)c1ccc(C2SCCS2)cc1. The number of hydrogen-bond donors (Lipinski definition) is 0. The number of thioether (sulfide) groups is 2. The maximum atomic E-state index is 12.6. The predicted octanol–water partition coefficient (Wildman–Crippen LogP) is 5.78. The molecule has 1 aromatic heterocycles. The van der Waals surface area contributed by atoms with E-state index in [1.807, 2.05) is 78.1 Å². The fourth-order valence-electron chi connectivity index (χ4n) is 3.69. The maximum Gasteiger partial charge on any atom is 0.338 e. The fourth-order valence-corrected chi connectivity index (χ4v) is 6.55. The second kappa shape index (κ2) is 8.20. The van der Waals surface area contributed by atoms with Gasteiger partial charge in [0.2, 0.25) is 0 Å². The monoisotopic (exact) mass is 434 g/mol. The summed E-state index contributed by atoms with van der Waals surface area (Å²) in [6.45, 7) is 0.00498. The van der Waals surface area contributed by atoms with Gasteiger partial charge in [0, 0.05) is 28.5 Å². The molecule has 2 heterocycles. The van der Waals surface area contributed by atoms with Gasteiger partial charge in [-0.15, -0.1) is 23.5 Å². The second-order valence-electron chi connectivity index (χ2n) is 7.02. The molecule has 0 amide bonds. The molecule has 4 nitrogen and oxygen atoms in total. The number of benzene rings is 3. The van der Waals surface area contributed by atoms with E-state index < -0.39 is 11.6 Å². The van der Waals surface area contributed by atoms with Gasteiger partial charge in [-0.2, -0.15) is 0 Å². The van der Waals surface area contributed by atoms with Crippen molar-refractivity contribution in [2.75, 3.05) is 11.5 Å². The van der Waals surface area contributed by atoms with Gasteiger partial charge in [0.05, 0.1) is 10.1 Å². The summed E-state index contributed by atoms with van der Waals surface area (Å²) < 4.78 is 11.4. The van der Waals surface area contributed by atoms with Crippen LogP contribution in [0.2, 0.25) is 0 Å². The number of carbonyl (C=O) groups is 1. The standard InChI is InChI=1S/C24H18O4S2/c25-21-13-18(22-19-4-2-1-3-15(19)9-10-20(22)28-21)14-27-23(26)16-5-7-17(8-6-16)24-29-11-12-30-24/h1-10,13,24H,11-12,14H2. The molecule has 1 aliphatic rings. The Bertz CT molecular complexity index is 1290. The van der Waals surface area contributed by atoms with E-state index in [1.165, 1.54) is 11.6 Å². The molecule has 1 aliphatic heterocycles. The Morgan fingerprint density at radius 1 is 1.00 bits per heavy atom. The number of esters is 1. The smallest absolute Gasteiger partial charge is 0.338 e. The van der Waals surface area contributed by atoms with E-state index in [1.54, 1.807) is 6.07 Å². The van der Waals surface area contributed by atoms with Crippen molar-refractivity contribution in [3.8, 4) is 0 Å². The van der Waals surface area contributed by atoms with Crippen molar-refractivity contribution in [3.05, 3.63) is 93.8 Å². The molecule has 1 saturated heterocycles. The minimum atomic E-state index is -0.459. The van der Waals surface area contributed by atoms with Crippen LogP contribution in [0.4, 0.5) is 0 Å². The van der Waals surface area contributed by atoms with Crippen LogP contribution in [-0.2, 0) is 11.3 Å². The third-order valence-electron chi connectivity index (χ3n) is 5.11. The van der Waals surface area contributed by atoms with E-state index in [2.05, 4.69) is 0 Å². The summed E-state index contributed by atoms with van der Waals surface area (Å²) in [6, 6.07) is 20.6. The summed E-state index contributed by atoms with van der Waals surface area (Å²) in [6.07, 6.45) is 0. The minimum Gasteiger partial charge on any atom is -0.457 e. The summed E-state index contributed by atoms with van der Waals surface area (Å²) in [5.41, 5.74) is 2.39. The van der Waals surface area contributed by atoms with Crippen molar-refractivity contribution < 1.29 is 13.9 Å². The normalized spacial score (nSPS) is 14.4. The van der Waals surface area contributed by atoms with Crippen molar-refractivity contribution in [3.63, 3.8) is 0 Å². The molecule has 150 valence electrons. The van der Waals surface area contributed by atoms with Crippen LogP contribution in [0.1, 0.15) is 26.1 Å². The summed E-state index contributed by atoms with van der Waals surface area (Å²) >= 11 is 3.86. The summed E-state index contributed by atoms with van der Waals surface area (Å²) in [4.78, 5) is 24.6. The lowest BCUT2D eigenvalue weighted by Crippen LogP contribution is -2.08. The molecule has 3 aromatic carbocycles. The number of ether oxygens (including phenoxy) is 1. The highest BCUT2D eigenvalue weighted by atomic mass is 32.2. The third kappa shape index (κ3) is 3.73. The fraction of sp³-hybridized carbons (Fsp3) is 0.167. The van der Waals surface area contributed by atoms with E-state index in [9.17, 15) is 9.59 Å². The van der Waals surface area contributed by atoms with Crippen LogP contribution in [0.3, 0.4) is 0 Å². The zero-order valence-corrected chi connectivity index (χ0v) is 17.6. The largest absolute Gasteiger partial charge is 0.457 e. The average Bonchev–Trinajstić information content (AvgIpc) is 3.32. The zero-order chi connectivity index (χ0) is 20.5. The van der Waals surface area contributed by atoms with Crippen LogP contribution in [0, 0.1) is 0 Å². The first-order chi connectivity index (χ1) is 14.7. The first-order valence-corrected chi connectivity index (χ1v) is 11.7.